The molecule has 0 spiro atoms. The van der Waals surface area contributed by atoms with Crippen LogP contribution in [0, 0.1) is 0 Å². The topological polar surface area (TPSA) is 50.4 Å². The lowest BCUT2D eigenvalue weighted by Crippen LogP contribution is -2.19. The Kier molecular flexibility index (Phi) is 4.68. The van der Waals surface area contributed by atoms with Gasteiger partial charge in [-0.25, -0.2) is 4.79 Å². The molecule has 0 bridgehead atoms. The predicted molar refractivity (Wildman–Crippen MR) is 106 cm³/mol. The Morgan fingerprint density at radius 1 is 0.808 bits per heavy atom. The van der Waals surface area contributed by atoms with E-state index in [0.29, 0.717) is 21.4 Å². The second-order valence-electron chi connectivity index (χ2n) is 5.52. The Morgan fingerprint density at radius 3 is 2.31 bits per heavy atom. The number of urea groups is 1. The van der Waals surface area contributed by atoms with Crippen LogP contribution >= 0.6 is 35.0 Å². The van der Waals surface area contributed by atoms with Gasteiger partial charge >= 0.3 is 6.03 Å². The summed E-state index contributed by atoms with van der Waals surface area (Å²) in [6.45, 7) is 0. The minimum Gasteiger partial charge on any atom is -0.455 e. The Labute approximate surface area is 164 Å². The van der Waals surface area contributed by atoms with Crippen LogP contribution in [0.3, 0.4) is 0 Å². The van der Waals surface area contributed by atoms with Gasteiger partial charge in [-0.2, -0.15) is 0 Å². The van der Waals surface area contributed by atoms with Crippen molar-refractivity contribution in [3.05, 3.63) is 70.7 Å². The molecule has 0 saturated carbocycles. The van der Waals surface area contributed by atoms with Crippen molar-refractivity contribution < 1.29 is 9.53 Å². The molecule has 0 saturated heterocycles. The maximum atomic E-state index is 12.2. The summed E-state index contributed by atoms with van der Waals surface area (Å²) in [6, 6.07) is 17.9. The molecule has 0 fully saturated rings. The van der Waals surface area contributed by atoms with Crippen LogP contribution in [0.2, 0.25) is 10.0 Å². The van der Waals surface area contributed by atoms with Gasteiger partial charge in [-0.1, -0.05) is 47.1 Å². The first kappa shape index (κ1) is 17.1. The van der Waals surface area contributed by atoms with Crippen molar-refractivity contribution in [1.29, 1.82) is 0 Å². The van der Waals surface area contributed by atoms with Crippen LogP contribution in [-0.4, -0.2) is 6.03 Å². The number of ether oxygens (including phenoxy) is 1. The first-order valence-corrected chi connectivity index (χ1v) is 9.27. The fraction of sp³-hybridized carbons (Fsp3) is 0. The average molecular weight is 403 g/mol. The highest BCUT2D eigenvalue weighted by atomic mass is 35.5. The number of benzene rings is 3. The maximum Gasteiger partial charge on any atom is 0.323 e. The molecule has 0 aliphatic carbocycles. The Hall–Kier alpha value is -2.34. The van der Waals surface area contributed by atoms with Crippen LogP contribution in [0.4, 0.5) is 16.2 Å². The van der Waals surface area contributed by atoms with Crippen molar-refractivity contribution in [2.45, 2.75) is 9.79 Å². The Morgan fingerprint density at radius 2 is 1.50 bits per heavy atom. The zero-order chi connectivity index (χ0) is 18.1. The number of nitrogens with one attached hydrogen (secondary N) is 2. The molecular weight excluding hydrogens is 391 g/mol. The molecule has 2 N–H and O–H groups in total. The molecule has 0 unspecified atom stereocenters. The summed E-state index contributed by atoms with van der Waals surface area (Å²) >= 11 is 13.4. The Balaban J connectivity index is 1.48. The number of hydrogen-bond donors (Lipinski definition) is 2. The highest BCUT2D eigenvalue weighted by molar-refractivity contribution is 7.99. The lowest BCUT2D eigenvalue weighted by Gasteiger charge is -2.20. The van der Waals surface area contributed by atoms with Crippen molar-refractivity contribution in [3.63, 3.8) is 0 Å². The van der Waals surface area contributed by atoms with Gasteiger partial charge in [-0.05, 0) is 48.5 Å². The van der Waals surface area contributed by atoms with Crippen molar-refractivity contribution in [2.24, 2.45) is 0 Å². The number of amides is 2. The van der Waals surface area contributed by atoms with E-state index in [1.807, 2.05) is 36.4 Å². The maximum absolute atomic E-state index is 12.2. The lowest BCUT2D eigenvalue weighted by atomic mass is 10.3. The van der Waals surface area contributed by atoms with E-state index < -0.39 is 0 Å². The zero-order valence-corrected chi connectivity index (χ0v) is 15.6. The molecule has 3 aromatic rings. The monoisotopic (exact) mass is 402 g/mol. The number of carbonyl (C=O) groups excluding carboxylic acids is 1. The van der Waals surface area contributed by atoms with Gasteiger partial charge in [0.05, 0.1) is 19.8 Å². The third kappa shape index (κ3) is 3.60. The number of rotatable bonds is 2. The van der Waals surface area contributed by atoms with Gasteiger partial charge in [0, 0.05) is 11.4 Å². The van der Waals surface area contributed by atoms with Gasteiger partial charge in [-0.3, -0.25) is 0 Å². The Bertz CT molecular complexity index is 1010. The summed E-state index contributed by atoms with van der Waals surface area (Å²) in [4.78, 5) is 14.2. The van der Waals surface area contributed by atoms with E-state index in [0.717, 1.165) is 21.3 Å². The van der Waals surface area contributed by atoms with Crippen molar-refractivity contribution in [2.75, 3.05) is 10.6 Å². The largest absolute Gasteiger partial charge is 0.455 e. The van der Waals surface area contributed by atoms with E-state index in [2.05, 4.69) is 10.6 Å². The number of halogens is 2. The summed E-state index contributed by atoms with van der Waals surface area (Å²) in [5.74, 6) is 1.60. The minimum absolute atomic E-state index is 0.370. The highest BCUT2D eigenvalue weighted by Crippen LogP contribution is 2.47. The van der Waals surface area contributed by atoms with E-state index in [4.69, 9.17) is 27.9 Å². The van der Waals surface area contributed by atoms with E-state index in [9.17, 15) is 4.79 Å². The van der Waals surface area contributed by atoms with Crippen LogP contribution in [-0.2, 0) is 0 Å². The van der Waals surface area contributed by atoms with Crippen molar-refractivity contribution >= 4 is 52.4 Å². The molecule has 2 amide bonds. The third-order valence-corrected chi connectivity index (χ3v) is 5.50. The average Bonchev–Trinajstić information content (AvgIpc) is 2.63. The smallest absolute Gasteiger partial charge is 0.323 e. The van der Waals surface area contributed by atoms with Gasteiger partial charge in [0.2, 0.25) is 0 Å². The van der Waals surface area contributed by atoms with E-state index in [-0.39, 0.29) is 6.03 Å². The number of anilines is 2. The molecule has 3 aromatic carbocycles. The number of hydrogen-bond acceptors (Lipinski definition) is 3. The molecular formula is C19H12Cl2N2O2S. The predicted octanol–water partition coefficient (Wildman–Crippen LogP) is 6.89. The van der Waals surface area contributed by atoms with Crippen LogP contribution in [0.25, 0.3) is 0 Å². The normalized spacial score (nSPS) is 11.8. The van der Waals surface area contributed by atoms with Crippen LogP contribution in [0.15, 0.2) is 70.5 Å². The second kappa shape index (κ2) is 7.11. The zero-order valence-electron chi connectivity index (χ0n) is 13.3. The summed E-state index contributed by atoms with van der Waals surface area (Å²) in [5.41, 5.74) is 1.22. The lowest BCUT2D eigenvalue weighted by molar-refractivity contribution is 0.262. The molecule has 4 rings (SSSR count). The molecule has 0 radical (unpaired) electrons. The molecule has 1 aliphatic rings. The molecule has 130 valence electrons. The van der Waals surface area contributed by atoms with Gasteiger partial charge in [0.25, 0.3) is 0 Å². The molecule has 1 aliphatic heterocycles. The fourth-order valence-electron chi connectivity index (χ4n) is 2.47. The first-order valence-electron chi connectivity index (χ1n) is 7.70. The van der Waals surface area contributed by atoms with Gasteiger partial charge in [0.15, 0.2) is 0 Å². The quantitative estimate of drug-likeness (QED) is 0.383. The molecule has 7 heteroatoms. The second-order valence-corrected chi connectivity index (χ2v) is 7.42. The summed E-state index contributed by atoms with van der Waals surface area (Å²) in [6.07, 6.45) is 0. The molecule has 4 nitrogen and oxygen atoms in total. The highest BCUT2D eigenvalue weighted by Gasteiger charge is 2.18. The van der Waals surface area contributed by atoms with Gasteiger partial charge in [0.1, 0.15) is 11.5 Å². The molecule has 0 atom stereocenters. The van der Waals surface area contributed by atoms with E-state index in [1.54, 1.807) is 36.0 Å². The summed E-state index contributed by atoms with van der Waals surface area (Å²) in [7, 11) is 0. The summed E-state index contributed by atoms with van der Waals surface area (Å²) in [5, 5.41) is 6.34. The van der Waals surface area contributed by atoms with Crippen molar-refractivity contribution in [1.82, 2.24) is 0 Å². The fourth-order valence-corrected chi connectivity index (χ4v) is 3.76. The summed E-state index contributed by atoms with van der Waals surface area (Å²) < 4.78 is 5.88. The minimum atomic E-state index is -0.370. The molecule has 0 aromatic heterocycles. The van der Waals surface area contributed by atoms with E-state index in [1.165, 1.54) is 0 Å². The van der Waals surface area contributed by atoms with Crippen LogP contribution in [0.5, 0.6) is 11.5 Å². The SMILES string of the molecule is O=C(Nc1ccc(Cl)c(Cl)c1)Nc1ccc2c(c1)Sc1ccccc1O2. The van der Waals surface area contributed by atoms with Gasteiger partial charge in [-0.15, -0.1) is 0 Å². The van der Waals surface area contributed by atoms with Gasteiger partial charge < -0.3 is 15.4 Å². The standard InChI is InChI=1S/C19H12Cl2N2O2S/c20-13-7-5-11(9-14(13)21)22-19(24)23-12-6-8-16-18(10-12)26-17-4-2-1-3-15(17)25-16/h1-10H,(H2,22,23,24). The van der Waals surface area contributed by atoms with Crippen molar-refractivity contribution in [3.8, 4) is 11.5 Å². The van der Waals surface area contributed by atoms with Crippen LogP contribution < -0.4 is 15.4 Å². The number of para-hydroxylation sites is 1. The first-order chi connectivity index (χ1) is 12.6. The third-order valence-electron chi connectivity index (χ3n) is 3.67. The number of carbonyl (C=O) groups is 1. The molecule has 26 heavy (non-hydrogen) atoms. The number of fused-ring (bicyclic) bond motifs is 2. The van der Waals surface area contributed by atoms with Crippen LogP contribution in [0.1, 0.15) is 0 Å². The molecule has 1 heterocycles. The van der Waals surface area contributed by atoms with E-state index >= 15 is 0 Å².